The van der Waals surface area contributed by atoms with Gasteiger partial charge in [0.15, 0.2) is 5.96 Å². The molecule has 1 saturated heterocycles. The molecule has 1 aliphatic heterocycles. The Morgan fingerprint density at radius 1 is 0.692 bits per heavy atom. The van der Waals surface area contributed by atoms with Gasteiger partial charge < -0.3 is 69.5 Å². The summed E-state index contributed by atoms with van der Waals surface area (Å²) in [5.41, 5.74) is 21.4. The first-order valence-electron chi connectivity index (χ1n) is 15.7. The Morgan fingerprint density at radius 3 is 1.69 bits per heavy atom. The molecule has 290 valence electrons. The van der Waals surface area contributed by atoms with Crippen molar-refractivity contribution in [3.63, 3.8) is 0 Å². The average Bonchev–Trinajstić information content (AvgIpc) is 3.52. The molecule has 0 aromatic rings. The summed E-state index contributed by atoms with van der Waals surface area (Å²) in [4.78, 5) is 127. The molecule has 0 bridgehead atoms. The maximum absolute atomic E-state index is 13.4. The zero-order valence-electron chi connectivity index (χ0n) is 27.8. The van der Waals surface area contributed by atoms with E-state index in [-0.39, 0.29) is 38.3 Å². The fraction of sp³-hybridized carbons (Fsp3) is 0.607. The van der Waals surface area contributed by atoms with Crippen molar-refractivity contribution in [2.45, 2.75) is 94.0 Å². The summed E-state index contributed by atoms with van der Waals surface area (Å²) in [5, 5.41) is 45.4. The fourth-order valence-corrected chi connectivity index (χ4v) is 4.96. The van der Waals surface area contributed by atoms with Gasteiger partial charge in [-0.05, 0) is 32.1 Å². The third-order valence-corrected chi connectivity index (χ3v) is 7.45. The number of carboxylic acids is 4. The van der Waals surface area contributed by atoms with E-state index in [9.17, 15) is 58.2 Å². The second-order valence-electron chi connectivity index (χ2n) is 11.6. The predicted octanol–water partition coefficient (Wildman–Crippen LogP) is -5.93. The molecule has 0 unspecified atom stereocenters. The first kappa shape index (κ1) is 44.0. The van der Waals surface area contributed by atoms with Gasteiger partial charge in [0.1, 0.15) is 30.2 Å². The third kappa shape index (κ3) is 15.6. The van der Waals surface area contributed by atoms with Crippen LogP contribution in [0.4, 0.5) is 0 Å². The van der Waals surface area contributed by atoms with E-state index >= 15 is 0 Å². The lowest BCUT2D eigenvalue weighted by Crippen LogP contribution is -2.59. The van der Waals surface area contributed by atoms with Gasteiger partial charge in [-0.25, -0.2) is 4.79 Å². The summed E-state index contributed by atoms with van der Waals surface area (Å²) in [7, 11) is 0. The number of likely N-dealkylation sites (tertiary alicyclic amines) is 1. The minimum absolute atomic E-state index is 0.0135. The molecule has 6 amide bonds. The number of nitrogens with two attached hydrogens (primary N) is 4. The number of guanidine groups is 1. The fourth-order valence-electron chi connectivity index (χ4n) is 4.96. The minimum Gasteiger partial charge on any atom is -0.481 e. The van der Waals surface area contributed by atoms with E-state index in [1.807, 2.05) is 5.32 Å². The number of amides is 6. The zero-order valence-corrected chi connectivity index (χ0v) is 27.8. The smallest absolute Gasteiger partial charge is 0.326 e. The van der Waals surface area contributed by atoms with Crippen LogP contribution in [0.1, 0.15) is 57.8 Å². The van der Waals surface area contributed by atoms with Crippen molar-refractivity contribution in [3.8, 4) is 0 Å². The van der Waals surface area contributed by atoms with E-state index in [2.05, 4.69) is 20.9 Å². The van der Waals surface area contributed by atoms with Gasteiger partial charge in [-0.3, -0.25) is 48.1 Å². The van der Waals surface area contributed by atoms with Gasteiger partial charge in [0.25, 0.3) is 0 Å². The van der Waals surface area contributed by atoms with E-state index in [1.54, 1.807) is 0 Å². The van der Waals surface area contributed by atoms with Crippen molar-refractivity contribution in [2.75, 3.05) is 13.1 Å². The number of hydrogen-bond acceptors (Lipinski definition) is 12. The number of hydrogen-bond donors (Lipinski definition) is 12. The lowest BCUT2D eigenvalue weighted by Gasteiger charge is -2.28. The molecule has 1 rings (SSSR count). The summed E-state index contributed by atoms with van der Waals surface area (Å²) in [6.07, 6.45) is -3.71. The topological polar surface area (TPSA) is 419 Å². The number of carboxylic acid groups (broad SMARTS) is 4. The number of carbonyl (C=O) groups excluding carboxylic acids is 6. The van der Waals surface area contributed by atoms with Crippen LogP contribution in [0.5, 0.6) is 0 Å². The predicted molar refractivity (Wildman–Crippen MR) is 173 cm³/mol. The summed E-state index contributed by atoms with van der Waals surface area (Å²) in [6, 6.07) is -9.82. The van der Waals surface area contributed by atoms with E-state index in [1.165, 1.54) is 0 Å². The van der Waals surface area contributed by atoms with Crippen LogP contribution >= 0.6 is 0 Å². The van der Waals surface area contributed by atoms with Crippen LogP contribution in [0.15, 0.2) is 4.99 Å². The molecule has 24 nitrogen and oxygen atoms in total. The molecule has 24 heteroatoms. The highest BCUT2D eigenvalue weighted by Gasteiger charge is 2.39. The van der Waals surface area contributed by atoms with Crippen molar-refractivity contribution >= 4 is 65.3 Å². The number of primary amides is 1. The Balaban J connectivity index is 3.28. The van der Waals surface area contributed by atoms with E-state index < -0.39 is 128 Å². The number of rotatable bonds is 23. The molecule has 16 N–H and O–H groups in total. The number of nitrogens with zero attached hydrogens (tertiary/aromatic N) is 2. The second kappa shape index (κ2) is 21.2. The van der Waals surface area contributed by atoms with Gasteiger partial charge in [-0.15, -0.1) is 0 Å². The average molecular weight is 745 g/mol. The Morgan fingerprint density at radius 2 is 1.19 bits per heavy atom. The second-order valence-corrected chi connectivity index (χ2v) is 11.6. The van der Waals surface area contributed by atoms with Crippen LogP contribution in [0.25, 0.3) is 0 Å². The van der Waals surface area contributed by atoms with E-state index in [0.29, 0.717) is 6.42 Å². The highest BCUT2D eigenvalue weighted by Crippen LogP contribution is 2.19. The zero-order chi connectivity index (χ0) is 39.7. The summed E-state index contributed by atoms with van der Waals surface area (Å²) < 4.78 is 0. The Bertz CT molecular complexity index is 1420. The lowest BCUT2D eigenvalue weighted by molar-refractivity contribution is -0.147. The van der Waals surface area contributed by atoms with E-state index in [0.717, 1.165) is 4.90 Å². The van der Waals surface area contributed by atoms with Crippen molar-refractivity contribution in [1.29, 1.82) is 0 Å². The first-order chi connectivity index (χ1) is 24.2. The van der Waals surface area contributed by atoms with Crippen molar-refractivity contribution < 1.29 is 68.4 Å². The third-order valence-electron chi connectivity index (χ3n) is 7.45. The number of carbonyl (C=O) groups is 10. The molecule has 6 atom stereocenters. The molecular weight excluding hydrogens is 700 g/mol. The molecule has 1 fully saturated rings. The van der Waals surface area contributed by atoms with Gasteiger partial charge in [0, 0.05) is 19.5 Å². The lowest BCUT2D eigenvalue weighted by atomic mass is 10.1. The Hall–Kier alpha value is -6.07. The highest BCUT2D eigenvalue weighted by molar-refractivity contribution is 5.98. The SMILES string of the molecule is NC(=O)CC[C@H](NC(=O)[C@H](CC(=O)O)NC(=O)[C@@H]1CCCN1C(=O)[C@@H](N)CC(=O)O)C(=O)N[C@@H](CCCN=C(N)N)C(=O)N[C@@H](CC(=O)O)C(=O)O. The van der Waals surface area contributed by atoms with Gasteiger partial charge in [-0.1, -0.05) is 0 Å². The van der Waals surface area contributed by atoms with Crippen LogP contribution in [0, 0.1) is 0 Å². The summed E-state index contributed by atoms with van der Waals surface area (Å²) in [5.74, 6) is -12.8. The van der Waals surface area contributed by atoms with Gasteiger partial charge in [-0.2, -0.15) is 0 Å². The summed E-state index contributed by atoms with van der Waals surface area (Å²) >= 11 is 0. The molecule has 0 saturated carbocycles. The maximum atomic E-state index is 13.4. The van der Waals surface area contributed by atoms with Gasteiger partial charge >= 0.3 is 23.9 Å². The highest BCUT2D eigenvalue weighted by atomic mass is 16.4. The monoisotopic (exact) mass is 744 g/mol. The van der Waals surface area contributed by atoms with Gasteiger partial charge in [0.2, 0.25) is 35.4 Å². The Labute approximate surface area is 295 Å². The van der Waals surface area contributed by atoms with Crippen molar-refractivity contribution in [3.05, 3.63) is 0 Å². The minimum atomic E-state index is -1.91. The van der Waals surface area contributed by atoms with Crippen LogP contribution in [-0.4, -0.2) is 140 Å². The molecule has 1 heterocycles. The molecular formula is C28H44N10O14. The molecule has 0 aromatic carbocycles. The standard InChI is InChI=1S/C28H44N10O14/c29-12(9-19(40)41)26(50)38-8-2-4-17(38)25(49)36-15(10-20(42)43)24(48)35-14(5-6-18(30)39)23(47)34-13(3-1-7-33-28(31)32)22(46)37-16(27(51)52)11-21(44)45/h12-17H,1-11,29H2,(H2,30,39)(H,34,47)(H,35,48)(H,36,49)(H,37,46)(H,40,41)(H,42,43)(H,44,45)(H,51,52)(H4,31,32,33)/t12-,13-,14-,15-,16-,17-/m0/s1. The molecule has 0 radical (unpaired) electrons. The Kier molecular flexibility index (Phi) is 17.9. The van der Waals surface area contributed by atoms with Crippen LogP contribution in [-0.2, 0) is 47.9 Å². The molecule has 0 aliphatic carbocycles. The maximum Gasteiger partial charge on any atom is 0.326 e. The van der Waals surface area contributed by atoms with Crippen LogP contribution in [0.3, 0.4) is 0 Å². The number of aliphatic carboxylic acids is 4. The van der Waals surface area contributed by atoms with E-state index in [4.69, 9.17) is 33.1 Å². The van der Waals surface area contributed by atoms with Gasteiger partial charge in [0.05, 0.1) is 25.3 Å². The molecule has 1 aliphatic rings. The van der Waals surface area contributed by atoms with Crippen molar-refractivity contribution in [2.24, 2.45) is 27.9 Å². The molecule has 0 aromatic heterocycles. The molecule has 52 heavy (non-hydrogen) atoms. The van der Waals surface area contributed by atoms with Crippen LogP contribution in [0.2, 0.25) is 0 Å². The largest absolute Gasteiger partial charge is 0.481 e. The van der Waals surface area contributed by atoms with Crippen molar-refractivity contribution in [1.82, 2.24) is 26.2 Å². The molecule has 0 spiro atoms. The number of nitrogens with one attached hydrogen (secondary N) is 4. The normalized spacial score (nSPS) is 16.5. The number of aliphatic imine (C=N–C) groups is 1. The summed E-state index contributed by atoms with van der Waals surface area (Å²) in [6.45, 7) is -0.0486. The van der Waals surface area contributed by atoms with Crippen LogP contribution < -0.4 is 44.2 Å². The quantitative estimate of drug-likeness (QED) is 0.0263. The first-order valence-corrected chi connectivity index (χ1v) is 15.7.